The molecular weight excluding hydrogens is 1020 g/mol. The van der Waals surface area contributed by atoms with E-state index in [0.717, 1.165) is 94.8 Å². The summed E-state index contributed by atoms with van der Waals surface area (Å²) in [5, 5.41) is 99.8. The number of phenolic OH excluding ortho intramolecular Hbond substituents is 2. The summed E-state index contributed by atoms with van der Waals surface area (Å²) in [5.74, 6) is -5.97. The van der Waals surface area contributed by atoms with E-state index in [1.807, 2.05) is 0 Å². The number of hydrogen-bond donors (Lipinski definition) is 5. The van der Waals surface area contributed by atoms with Gasteiger partial charge in [-0.2, -0.15) is 10.5 Å². The summed E-state index contributed by atoms with van der Waals surface area (Å²) in [6.07, 6.45) is 8.63. The highest BCUT2D eigenvalue weighted by atomic mass is 16.6. The lowest BCUT2D eigenvalue weighted by atomic mass is 10.0. The van der Waals surface area contributed by atoms with Crippen molar-refractivity contribution in [1.82, 2.24) is 14.7 Å². The van der Waals surface area contributed by atoms with Gasteiger partial charge < -0.3 is 64.0 Å². The molecule has 3 fully saturated rings. The predicted molar refractivity (Wildman–Crippen MR) is 269 cm³/mol. The first-order chi connectivity index (χ1) is 36.6. The van der Waals surface area contributed by atoms with Crippen LogP contribution < -0.4 is 18.9 Å². The Morgan fingerprint density at radius 3 is 1.26 bits per heavy atom. The highest BCUT2D eigenvalue weighted by Crippen LogP contribution is 2.41. The number of rotatable bonds is 13. The molecule has 0 aromatic heterocycles. The van der Waals surface area contributed by atoms with Gasteiger partial charge in [0.15, 0.2) is 28.4 Å². The largest absolute Gasteiger partial charge is 0.506 e. The highest BCUT2D eigenvalue weighted by molar-refractivity contribution is 6.04. The molecule has 5 N–H and O–H groups in total. The third kappa shape index (κ3) is 16.3. The molecule has 3 aromatic rings. The summed E-state index contributed by atoms with van der Waals surface area (Å²) >= 11 is 0. The SMILES string of the molecule is COc1cc(/C(O)=C(\C#N)C(=O)N2CCCCC2)cc([N+](=O)[O-])c1OC.COc1cc(C(=O)O)cc([N+](=O)[O-])c1OC.N#C/C(C(=O)N1CCCCC1)=C(/O)c1cc(O)c(O)c([N+](=O)[O-])c1.[C-]#[N+]CC(=O)N1CCCCC1. The highest BCUT2D eigenvalue weighted by Gasteiger charge is 2.30. The van der Waals surface area contributed by atoms with Crippen LogP contribution in [0, 0.1) is 59.6 Å². The summed E-state index contributed by atoms with van der Waals surface area (Å²) in [6.45, 7) is 10.2. The molecule has 410 valence electrons. The number of nitro benzene ring substituents is 3. The number of carbonyl (C=O) groups excluding carboxylic acids is 3. The Bertz CT molecular complexity index is 2900. The molecule has 3 saturated heterocycles. The average Bonchev–Trinajstić information content (AvgIpc) is 3.44. The lowest BCUT2D eigenvalue weighted by molar-refractivity contribution is -0.386. The zero-order valence-electron chi connectivity index (χ0n) is 42.3. The fourth-order valence-electron chi connectivity index (χ4n) is 7.81. The van der Waals surface area contributed by atoms with Gasteiger partial charge in [0, 0.05) is 68.6 Å². The summed E-state index contributed by atoms with van der Waals surface area (Å²) in [6, 6.07) is 9.34. The van der Waals surface area contributed by atoms with Gasteiger partial charge in [0.05, 0.1) is 48.8 Å². The molecule has 3 aliphatic heterocycles. The lowest BCUT2D eigenvalue weighted by Gasteiger charge is -2.26. The smallest absolute Gasteiger partial charge is 0.336 e. The number of aromatic hydroxyl groups is 2. The van der Waals surface area contributed by atoms with Crippen molar-refractivity contribution in [3.05, 3.63) is 106 Å². The number of aliphatic hydroxyl groups excluding tert-OH is 2. The zero-order chi connectivity index (χ0) is 57.5. The minimum Gasteiger partial charge on any atom is -0.506 e. The number of aromatic carboxylic acids is 1. The van der Waals surface area contributed by atoms with E-state index in [1.165, 1.54) is 50.7 Å². The number of piperidine rings is 3. The standard InChI is InChI=1S/C17H19N3O6.C15H15N3O6.C9H9NO6.C8H12N2O/c1-25-14-9-11(8-13(20(23)24)16(14)26-2)15(21)12(10-18)17(22)19-6-4-3-5-7-19;16-8-10(15(22)17-4-2-1-3-5-17)13(20)9-6-11(18(23)24)14(21)12(19)7-9;1-15-7-4-5(9(11)12)3-6(10(13)14)8(7)16-2;1-9-7-8(11)10-5-3-2-4-6-10/h8-9,21H,3-7H2,1-2H3;6-7,19-21H,1-5H2;3-4H,1-2H3,(H,11,12);2-7H2/b15-12-;13-10-;;. The summed E-state index contributed by atoms with van der Waals surface area (Å²) in [5.41, 5.74) is -3.39. The normalized spacial score (nSPS) is 14.3. The Labute approximate surface area is 439 Å². The maximum Gasteiger partial charge on any atom is 0.336 e. The fourth-order valence-corrected chi connectivity index (χ4v) is 7.81. The summed E-state index contributed by atoms with van der Waals surface area (Å²) in [4.78, 5) is 85.0. The van der Waals surface area contributed by atoms with E-state index in [0.29, 0.717) is 26.2 Å². The average molecular weight is 1070 g/mol. The number of carboxylic acids is 1. The minimum absolute atomic E-state index is 0.000278. The number of likely N-dealkylation sites (tertiary alicyclic amines) is 3. The van der Waals surface area contributed by atoms with Crippen LogP contribution in [0.3, 0.4) is 0 Å². The monoisotopic (exact) mass is 1070 g/mol. The molecule has 3 aliphatic rings. The Morgan fingerprint density at radius 2 is 0.922 bits per heavy atom. The van der Waals surface area contributed by atoms with E-state index in [2.05, 4.69) is 4.85 Å². The number of methoxy groups -OCH3 is 4. The lowest BCUT2D eigenvalue weighted by Crippen LogP contribution is -2.36. The second-order valence-electron chi connectivity index (χ2n) is 16.5. The molecule has 0 bridgehead atoms. The molecule has 0 aliphatic carbocycles. The van der Waals surface area contributed by atoms with E-state index in [1.54, 1.807) is 17.0 Å². The van der Waals surface area contributed by atoms with Gasteiger partial charge in [0.2, 0.25) is 17.2 Å². The molecule has 28 nitrogen and oxygen atoms in total. The molecule has 0 spiro atoms. The van der Waals surface area contributed by atoms with Crippen LogP contribution in [0.25, 0.3) is 16.4 Å². The molecule has 77 heavy (non-hydrogen) atoms. The molecule has 3 heterocycles. The number of amides is 3. The van der Waals surface area contributed by atoms with Crippen molar-refractivity contribution in [3.63, 3.8) is 0 Å². The van der Waals surface area contributed by atoms with Gasteiger partial charge in [-0.05, 0) is 76.0 Å². The van der Waals surface area contributed by atoms with Gasteiger partial charge in [0.25, 0.3) is 18.4 Å². The number of nitro groups is 3. The third-order valence-corrected chi connectivity index (χ3v) is 11.7. The van der Waals surface area contributed by atoms with E-state index < -0.39 is 83.8 Å². The number of phenols is 2. The Hall–Kier alpha value is -9.91. The van der Waals surface area contributed by atoms with Crippen LogP contribution in [0.1, 0.15) is 79.3 Å². The van der Waals surface area contributed by atoms with Gasteiger partial charge in [-0.3, -0.25) is 44.7 Å². The number of nitriles is 2. The van der Waals surface area contributed by atoms with Crippen molar-refractivity contribution in [3.8, 4) is 46.6 Å². The topological polar surface area (TPSA) is 397 Å². The fraction of sp³-hybridized carbons (Fsp3) is 0.408. The van der Waals surface area contributed by atoms with Crippen molar-refractivity contribution < 1.29 is 78.4 Å². The third-order valence-electron chi connectivity index (χ3n) is 11.7. The Balaban J connectivity index is 0.000000282. The van der Waals surface area contributed by atoms with Crippen LogP contribution in [0.5, 0.6) is 34.5 Å². The molecule has 0 radical (unpaired) electrons. The minimum atomic E-state index is -1.27. The van der Waals surface area contributed by atoms with Crippen molar-refractivity contribution in [2.75, 3.05) is 74.3 Å². The molecule has 3 amide bonds. The second-order valence-corrected chi connectivity index (χ2v) is 16.5. The molecule has 6 rings (SSSR count). The van der Waals surface area contributed by atoms with E-state index >= 15 is 0 Å². The first-order valence-corrected chi connectivity index (χ1v) is 23.3. The van der Waals surface area contributed by atoms with Crippen LogP contribution in [-0.4, -0.2) is 153 Å². The molecule has 0 unspecified atom stereocenters. The van der Waals surface area contributed by atoms with Crippen LogP contribution >= 0.6 is 0 Å². The van der Waals surface area contributed by atoms with Crippen LogP contribution in [-0.2, 0) is 14.4 Å². The van der Waals surface area contributed by atoms with Crippen LogP contribution in [0.2, 0.25) is 0 Å². The number of ether oxygens (including phenoxy) is 4. The van der Waals surface area contributed by atoms with E-state index in [-0.39, 0.29) is 52.1 Å². The van der Waals surface area contributed by atoms with Gasteiger partial charge in [0.1, 0.15) is 23.7 Å². The quantitative estimate of drug-likeness (QED) is 0.0233. The van der Waals surface area contributed by atoms with Crippen molar-refractivity contribution >= 4 is 52.3 Å². The first-order valence-electron chi connectivity index (χ1n) is 23.3. The number of aliphatic hydroxyl groups is 2. The maximum absolute atomic E-state index is 12.5. The second kappa shape index (κ2) is 29.7. The van der Waals surface area contributed by atoms with Gasteiger partial charge in [-0.1, -0.05) is 0 Å². The van der Waals surface area contributed by atoms with Crippen LogP contribution in [0.4, 0.5) is 17.1 Å². The molecule has 0 saturated carbocycles. The summed E-state index contributed by atoms with van der Waals surface area (Å²) in [7, 11) is 5.05. The van der Waals surface area contributed by atoms with Gasteiger partial charge >= 0.3 is 28.9 Å². The Morgan fingerprint density at radius 1 is 0.571 bits per heavy atom. The van der Waals surface area contributed by atoms with Crippen molar-refractivity contribution in [1.29, 1.82) is 10.5 Å². The molecular formula is C49H55N9O19. The van der Waals surface area contributed by atoms with E-state index in [9.17, 15) is 80.5 Å². The van der Waals surface area contributed by atoms with Gasteiger partial charge in [-0.15, -0.1) is 0 Å². The maximum atomic E-state index is 12.5. The number of nitrogens with zero attached hydrogens (tertiary/aromatic N) is 9. The number of carbonyl (C=O) groups is 4. The molecule has 0 atom stereocenters. The number of benzene rings is 3. The first kappa shape index (κ1) is 61.4. The van der Waals surface area contributed by atoms with Gasteiger partial charge in [-0.25, -0.2) is 11.4 Å². The summed E-state index contributed by atoms with van der Waals surface area (Å²) < 4.78 is 19.7. The van der Waals surface area contributed by atoms with E-state index in [4.69, 9.17) is 30.6 Å². The molecule has 28 heteroatoms. The van der Waals surface area contributed by atoms with Crippen LogP contribution in [0.15, 0.2) is 47.5 Å². The van der Waals surface area contributed by atoms with Crippen molar-refractivity contribution in [2.45, 2.75) is 57.8 Å². The number of carboxylic acid groups (broad SMARTS) is 1. The number of hydrogen-bond acceptors (Lipinski definition) is 20. The molecule has 3 aromatic carbocycles. The zero-order valence-corrected chi connectivity index (χ0v) is 42.3. The van der Waals surface area contributed by atoms with Crippen molar-refractivity contribution in [2.24, 2.45) is 0 Å². The Kier molecular flexibility index (Phi) is 23.7. The predicted octanol–water partition coefficient (Wildman–Crippen LogP) is 6.46.